The molecule has 0 spiro atoms. The van der Waals surface area contributed by atoms with Crippen LogP contribution in [0.2, 0.25) is 0 Å². The number of H-pyrrole nitrogens is 1. The molecule has 1 saturated heterocycles. The van der Waals surface area contributed by atoms with Gasteiger partial charge in [0.15, 0.2) is 0 Å². The first-order chi connectivity index (χ1) is 15.7. The molecule has 0 saturated carbocycles. The molecule has 0 aliphatic carbocycles. The van der Waals surface area contributed by atoms with Crippen molar-refractivity contribution < 1.29 is 9.90 Å². The minimum Gasteiger partial charge on any atom is -0.545 e. The van der Waals surface area contributed by atoms with Gasteiger partial charge in [-0.25, -0.2) is 0 Å². The first kappa shape index (κ1) is 20.3. The largest absolute Gasteiger partial charge is 0.545 e. The third-order valence-electron chi connectivity index (χ3n) is 6.41. The molecular weight excluding hydrogens is 402 g/mol. The number of carbonyl (C=O) groups is 1. The van der Waals surface area contributed by atoms with Crippen molar-refractivity contribution in [2.45, 2.75) is 19.0 Å². The molecule has 2 aliphatic heterocycles. The maximum Gasteiger partial charge on any atom is 0.112 e. The smallest absolute Gasteiger partial charge is 0.112 e. The zero-order valence-electron chi connectivity index (χ0n) is 17.8. The van der Waals surface area contributed by atoms with E-state index in [1.807, 2.05) is 66.1 Å². The van der Waals surface area contributed by atoms with E-state index in [4.69, 9.17) is 0 Å². The van der Waals surface area contributed by atoms with Crippen molar-refractivity contribution in [2.75, 3.05) is 29.4 Å². The number of anilines is 2. The Morgan fingerprint density at radius 2 is 1.94 bits per heavy atom. The molecule has 3 aromatic rings. The number of carboxylic acid groups (broad SMARTS) is 1. The molecule has 1 aromatic carbocycles. The lowest BCUT2D eigenvalue weighted by Gasteiger charge is -2.38. The van der Waals surface area contributed by atoms with Crippen molar-refractivity contribution in [1.29, 1.82) is 0 Å². The maximum atomic E-state index is 11.9. The Morgan fingerprint density at radius 1 is 1.12 bits per heavy atom. The highest BCUT2D eigenvalue weighted by Crippen LogP contribution is 2.28. The fraction of sp³-hybridized carbons (Fsp3) is 0.280. The normalized spacial score (nSPS) is 19.4. The number of rotatable bonds is 6. The van der Waals surface area contributed by atoms with Crippen LogP contribution in [0.1, 0.15) is 12.8 Å². The molecule has 2 N–H and O–H groups in total. The Labute approximate surface area is 187 Å². The van der Waals surface area contributed by atoms with Gasteiger partial charge in [-0.3, -0.25) is 10.3 Å². The van der Waals surface area contributed by atoms with E-state index >= 15 is 0 Å². The Balaban J connectivity index is 1.28. The number of fused-ring (bicyclic) bond motifs is 1. The van der Waals surface area contributed by atoms with Gasteiger partial charge in [0, 0.05) is 66.9 Å². The molecule has 7 nitrogen and oxygen atoms in total. The molecule has 2 aromatic heterocycles. The van der Waals surface area contributed by atoms with Crippen LogP contribution in [0.3, 0.4) is 0 Å². The summed E-state index contributed by atoms with van der Waals surface area (Å²) in [6.45, 7) is 2.71. The molecule has 164 valence electrons. The third kappa shape index (κ3) is 4.11. The molecular formula is C25H26N5O2-. The van der Waals surface area contributed by atoms with E-state index in [1.165, 1.54) is 5.69 Å². The summed E-state index contributed by atoms with van der Waals surface area (Å²) in [5, 5.41) is 16.5. The van der Waals surface area contributed by atoms with Crippen LogP contribution in [0.5, 0.6) is 0 Å². The van der Waals surface area contributed by atoms with Crippen LogP contribution in [0, 0.1) is 5.92 Å². The lowest BCUT2D eigenvalue weighted by molar-refractivity contribution is -0.299. The Bertz CT molecular complexity index is 1150. The van der Waals surface area contributed by atoms with Gasteiger partial charge in [-0.15, -0.1) is 0 Å². The predicted molar refractivity (Wildman–Crippen MR) is 124 cm³/mol. The third-order valence-corrected chi connectivity index (χ3v) is 6.41. The van der Waals surface area contributed by atoms with Gasteiger partial charge in [0.1, 0.15) is 6.17 Å². The number of nitrogens with zero attached hydrogens (tertiary/aromatic N) is 3. The van der Waals surface area contributed by atoms with Crippen LogP contribution in [0.4, 0.5) is 11.4 Å². The second-order valence-electron chi connectivity index (χ2n) is 8.35. The van der Waals surface area contributed by atoms with Crippen molar-refractivity contribution in [1.82, 2.24) is 15.3 Å². The fourth-order valence-electron chi connectivity index (χ4n) is 4.61. The Kier molecular flexibility index (Phi) is 5.64. The number of allylic oxidation sites excluding steroid dienone is 2. The van der Waals surface area contributed by atoms with Crippen LogP contribution in [0.15, 0.2) is 78.9 Å². The molecule has 32 heavy (non-hydrogen) atoms. The van der Waals surface area contributed by atoms with E-state index in [1.54, 1.807) is 12.2 Å². The van der Waals surface area contributed by atoms with E-state index in [9.17, 15) is 9.90 Å². The van der Waals surface area contributed by atoms with Crippen LogP contribution in [-0.4, -0.2) is 41.7 Å². The average molecular weight is 429 g/mol. The number of hydrogen-bond acceptors (Lipinski definition) is 6. The maximum absolute atomic E-state index is 11.9. The van der Waals surface area contributed by atoms with Gasteiger partial charge in [0.25, 0.3) is 0 Å². The molecule has 0 amide bonds. The zero-order valence-corrected chi connectivity index (χ0v) is 17.8. The topological polar surface area (TPSA) is 87.3 Å². The number of aromatic amines is 1. The number of carbonyl (C=O) groups excluding carboxylic acids is 1. The van der Waals surface area contributed by atoms with Gasteiger partial charge in [-0.1, -0.05) is 12.1 Å². The summed E-state index contributed by atoms with van der Waals surface area (Å²) in [6.07, 6.45) is 12.5. The molecule has 5 rings (SSSR count). The summed E-state index contributed by atoms with van der Waals surface area (Å²) in [5.41, 5.74) is 3.39. The summed E-state index contributed by atoms with van der Waals surface area (Å²) in [5.74, 6) is -0.667. The quantitative estimate of drug-likeness (QED) is 0.627. The molecule has 0 bridgehead atoms. The number of pyridine rings is 1. The second-order valence-corrected chi connectivity index (χ2v) is 8.35. The van der Waals surface area contributed by atoms with Gasteiger partial charge in [0.05, 0.1) is 5.97 Å². The summed E-state index contributed by atoms with van der Waals surface area (Å²) in [4.78, 5) is 23.5. The van der Waals surface area contributed by atoms with Gasteiger partial charge in [0.2, 0.25) is 0 Å². The highest BCUT2D eigenvalue weighted by atomic mass is 16.4. The lowest BCUT2D eigenvalue weighted by atomic mass is 9.96. The van der Waals surface area contributed by atoms with Crippen LogP contribution in [0.25, 0.3) is 10.9 Å². The monoisotopic (exact) mass is 428 g/mol. The molecule has 1 atom stereocenters. The Hall–Kier alpha value is -3.58. The predicted octanol–water partition coefficient (Wildman–Crippen LogP) is 2.41. The molecule has 2 aliphatic rings. The summed E-state index contributed by atoms with van der Waals surface area (Å²) in [7, 11) is 0. The van der Waals surface area contributed by atoms with E-state index in [-0.39, 0.29) is 5.57 Å². The second kappa shape index (κ2) is 8.88. The summed E-state index contributed by atoms with van der Waals surface area (Å²) < 4.78 is 0. The lowest BCUT2D eigenvalue weighted by Crippen LogP contribution is -2.51. The van der Waals surface area contributed by atoms with Crippen molar-refractivity contribution in [3.05, 3.63) is 78.9 Å². The highest BCUT2D eigenvalue weighted by Gasteiger charge is 2.27. The van der Waals surface area contributed by atoms with Crippen molar-refractivity contribution in [3.8, 4) is 0 Å². The van der Waals surface area contributed by atoms with Gasteiger partial charge < -0.3 is 24.7 Å². The van der Waals surface area contributed by atoms with Crippen molar-refractivity contribution in [3.63, 3.8) is 0 Å². The molecule has 7 heteroatoms. The number of benzene rings is 1. The van der Waals surface area contributed by atoms with Gasteiger partial charge >= 0.3 is 0 Å². The summed E-state index contributed by atoms with van der Waals surface area (Å²) >= 11 is 0. The first-order valence-electron chi connectivity index (χ1n) is 11.0. The number of carboxylic acids is 1. The summed E-state index contributed by atoms with van der Waals surface area (Å²) in [6, 6.07) is 12.2. The molecule has 1 unspecified atom stereocenters. The average Bonchev–Trinajstić information content (AvgIpc) is 3.31. The fourth-order valence-corrected chi connectivity index (χ4v) is 4.61. The zero-order chi connectivity index (χ0) is 21.9. The minimum atomic E-state index is -1.15. The van der Waals surface area contributed by atoms with E-state index < -0.39 is 12.1 Å². The number of nitrogens with one attached hydrogen (secondary N) is 2. The van der Waals surface area contributed by atoms with E-state index in [0.717, 1.165) is 49.1 Å². The van der Waals surface area contributed by atoms with Gasteiger partial charge in [-0.05, 0) is 60.6 Å². The number of aromatic nitrogens is 2. The van der Waals surface area contributed by atoms with Crippen LogP contribution in [-0.2, 0) is 4.79 Å². The van der Waals surface area contributed by atoms with Crippen molar-refractivity contribution in [2.24, 2.45) is 5.92 Å². The first-order valence-corrected chi connectivity index (χ1v) is 11.0. The molecule has 0 radical (unpaired) electrons. The highest BCUT2D eigenvalue weighted by molar-refractivity contribution is 5.89. The molecule has 1 fully saturated rings. The minimum absolute atomic E-state index is 0.244. The molecule has 4 heterocycles. The Morgan fingerprint density at radius 3 is 2.72 bits per heavy atom. The SMILES string of the molecule is O=C([O-])C1=CC=CN(c2ccc3cc[nH]c3c2)C1NCC1CCN(c2ccncc2)CC1. The van der Waals surface area contributed by atoms with Crippen LogP contribution < -0.4 is 20.2 Å². The van der Waals surface area contributed by atoms with Crippen molar-refractivity contribution >= 4 is 28.2 Å². The van der Waals surface area contributed by atoms with Crippen LogP contribution >= 0.6 is 0 Å². The van der Waals surface area contributed by atoms with E-state index in [0.29, 0.717) is 5.92 Å². The van der Waals surface area contributed by atoms with Gasteiger partial charge in [-0.2, -0.15) is 0 Å². The number of aliphatic carboxylic acids is 1. The number of piperidine rings is 1. The van der Waals surface area contributed by atoms with E-state index in [2.05, 4.69) is 20.2 Å². The number of hydrogen-bond donors (Lipinski definition) is 2. The standard InChI is InChI=1S/C25H27N5O2/c31-25(32)22-2-1-13-30(21-4-3-19-5-12-27-23(19)16-21)24(22)28-17-18-8-14-29(15-9-18)20-6-10-26-11-7-20/h1-7,10-13,16,18,24,27-28H,8-9,14-15,17H2,(H,31,32)/p-1.